The predicted octanol–water partition coefficient (Wildman–Crippen LogP) is 3.56. The minimum absolute atomic E-state index is 0.643. The van der Waals surface area contributed by atoms with Crippen LogP contribution in [0.1, 0.15) is 27.7 Å². The molecule has 0 saturated heterocycles. The molecule has 14 heavy (non-hydrogen) atoms. The third kappa shape index (κ3) is 6.44. The number of rotatable bonds is 5. The molecule has 0 aromatic heterocycles. The average molecular weight is 231 g/mol. The Labute approximate surface area is 97.9 Å². The smallest absolute Gasteiger partial charge is 0.136 e. The Morgan fingerprint density at radius 3 is 2.43 bits per heavy atom. The van der Waals surface area contributed by atoms with Crippen molar-refractivity contribution in [3.8, 4) is 0 Å². The molecule has 0 bridgehead atoms. The van der Waals surface area contributed by atoms with Gasteiger partial charge in [0.2, 0.25) is 0 Å². The lowest BCUT2D eigenvalue weighted by atomic mass is 10.2. The molecule has 0 atom stereocenters. The second kappa shape index (κ2) is 7.30. The van der Waals surface area contributed by atoms with Gasteiger partial charge in [0.1, 0.15) is 4.32 Å². The van der Waals surface area contributed by atoms with E-state index in [-0.39, 0.29) is 0 Å². The van der Waals surface area contributed by atoms with Crippen LogP contribution in [0.2, 0.25) is 0 Å². The molecule has 0 radical (unpaired) electrons. The van der Waals surface area contributed by atoms with E-state index in [1.807, 2.05) is 6.92 Å². The minimum Gasteiger partial charge on any atom is -0.353 e. The molecule has 82 valence electrons. The van der Waals surface area contributed by atoms with Crippen LogP contribution in [-0.2, 0) is 0 Å². The summed E-state index contributed by atoms with van der Waals surface area (Å²) in [6, 6.07) is 0. The Kier molecular flexibility index (Phi) is 7.28. The number of hydrogen-bond donors (Lipinski definition) is 0. The number of hydrogen-bond acceptors (Lipinski definition) is 2. The first-order valence-corrected chi connectivity index (χ1v) is 6.42. The van der Waals surface area contributed by atoms with Gasteiger partial charge in [0.05, 0.1) is 0 Å². The fraction of sp³-hybridized carbons (Fsp3) is 0.727. The third-order valence-corrected chi connectivity index (χ3v) is 2.98. The van der Waals surface area contributed by atoms with Gasteiger partial charge in [-0.05, 0) is 18.6 Å². The van der Waals surface area contributed by atoms with Crippen molar-refractivity contribution >= 4 is 28.3 Å². The van der Waals surface area contributed by atoms with E-state index in [2.05, 4.69) is 32.3 Å². The lowest BCUT2D eigenvalue weighted by Gasteiger charge is -2.26. The van der Waals surface area contributed by atoms with Gasteiger partial charge in [0.15, 0.2) is 0 Å². The first-order valence-electron chi connectivity index (χ1n) is 5.03. The minimum atomic E-state index is 0.643. The maximum atomic E-state index is 5.36. The highest BCUT2D eigenvalue weighted by molar-refractivity contribution is 8.22. The van der Waals surface area contributed by atoms with Gasteiger partial charge in [-0.25, -0.2) is 0 Å². The third-order valence-electron chi connectivity index (χ3n) is 1.57. The number of thiocarbonyl (C=S) groups is 1. The zero-order chi connectivity index (χ0) is 11.1. The van der Waals surface area contributed by atoms with Gasteiger partial charge in [0, 0.05) is 13.1 Å². The molecule has 0 aliphatic carbocycles. The second-order valence-corrected chi connectivity index (χ2v) is 5.83. The molecular weight excluding hydrogens is 210 g/mol. The van der Waals surface area contributed by atoms with Crippen molar-refractivity contribution in [2.45, 2.75) is 27.7 Å². The van der Waals surface area contributed by atoms with E-state index >= 15 is 0 Å². The lowest BCUT2D eigenvalue weighted by molar-refractivity contribution is 0.400. The van der Waals surface area contributed by atoms with Gasteiger partial charge in [0.25, 0.3) is 0 Å². The van der Waals surface area contributed by atoms with Gasteiger partial charge in [-0.1, -0.05) is 56.9 Å². The highest BCUT2D eigenvalue weighted by Gasteiger charge is 2.10. The van der Waals surface area contributed by atoms with E-state index in [1.165, 1.54) is 5.57 Å². The summed E-state index contributed by atoms with van der Waals surface area (Å²) in [4.78, 5) is 2.25. The Hall–Kier alpha value is -0.0200. The van der Waals surface area contributed by atoms with Gasteiger partial charge >= 0.3 is 0 Å². The van der Waals surface area contributed by atoms with Gasteiger partial charge < -0.3 is 4.90 Å². The van der Waals surface area contributed by atoms with Gasteiger partial charge in [-0.2, -0.15) is 0 Å². The fourth-order valence-electron chi connectivity index (χ4n) is 1.18. The van der Waals surface area contributed by atoms with Crippen molar-refractivity contribution in [2.24, 2.45) is 5.92 Å². The summed E-state index contributed by atoms with van der Waals surface area (Å²) in [5, 5.41) is 0. The highest BCUT2D eigenvalue weighted by atomic mass is 32.2. The SMILES string of the molecule is C=C(C)CN(CC(C)C)C(=S)SCC. The van der Waals surface area contributed by atoms with Crippen LogP contribution in [-0.4, -0.2) is 28.1 Å². The molecular formula is C11H21NS2. The largest absolute Gasteiger partial charge is 0.353 e. The summed E-state index contributed by atoms with van der Waals surface area (Å²) in [5.74, 6) is 1.69. The summed E-state index contributed by atoms with van der Waals surface area (Å²) >= 11 is 7.10. The molecule has 0 aromatic rings. The molecule has 0 aliphatic heterocycles. The summed E-state index contributed by atoms with van der Waals surface area (Å²) in [5.41, 5.74) is 1.17. The van der Waals surface area contributed by atoms with Crippen molar-refractivity contribution < 1.29 is 0 Å². The van der Waals surface area contributed by atoms with Crippen molar-refractivity contribution in [3.05, 3.63) is 12.2 Å². The van der Waals surface area contributed by atoms with E-state index < -0.39 is 0 Å². The van der Waals surface area contributed by atoms with Gasteiger partial charge in [-0.15, -0.1) is 0 Å². The zero-order valence-corrected chi connectivity index (χ0v) is 11.3. The van der Waals surface area contributed by atoms with Crippen LogP contribution in [0.3, 0.4) is 0 Å². The molecule has 3 heteroatoms. The normalized spacial score (nSPS) is 10.4. The van der Waals surface area contributed by atoms with Crippen LogP contribution in [0, 0.1) is 5.92 Å². The number of nitrogens with zero attached hydrogens (tertiary/aromatic N) is 1. The monoisotopic (exact) mass is 231 g/mol. The first-order chi connectivity index (χ1) is 6.47. The second-order valence-electron chi connectivity index (χ2n) is 3.93. The van der Waals surface area contributed by atoms with Crippen LogP contribution in [0.4, 0.5) is 0 Å². The average Bonchev–Trinajstić information content (AvgIpc) is 2.01. The molecule has 0 N–H and O–H groups in total. The zero-order valence-electron chi connectivity index (χ0n) is 9.67. The van der Waals surface area contributed by atoms with Crippen molar-refractivity contribution in [3.63, 3.8) is 0 Å². The molecule has 0 saturated carbocycles. The Morgan fingerprint density at radius 2 is 2.07 bits per heavy atom. The van der Waals surface area contributed by atoms with E-state index in [4.69, 9.17) is 12.2 Å². The van der Waals surface area contributed by atoms with E-state index in [9.17, 15) is 0 Å². The lowest BCUT2D eigenvalue weighted by Crippen LogP contribution is -2.32. The molecule has 0 amide bonds. The predicted molar refractivity (Wildman–Crippen MR) is 72.0 cm³/mol. The maximum absolute atomic E-state index is 5.36. The first kappa shape index (κ1) is 14.0. The topological polar surface area (TPSA) is 3.24 Å². The molecule has 0 aliphatic rings. The summed E-state index contributed by atoms with van der Waals surface area (Å²) in [6.45, 7) is 14.5. The summed E-state index contributed by atoms with van der Waals surface area (Å²) in [6.07, 6.45) is 0. The standard InChI is InChI=1S/C11H21NS2/c1-6-14-11(13)12(7-9(2)3)8-10(4)5/h10H,2,6-8H2,1,3-5H3. The fourth-order valence-corrected chi connectivity index (χ4v) is 2.25. The summed E-state index contributed by atoms with van der Waals surface area (Å²) in [7, 11) is 0. The molecule has 0 heterocycles. The van der Waals surface area contributed by atoms with E-state index in [0.717, 1.165) is 23.2 Å². The molecule has 0 rings (SSSR count). The van der Waals surface area contributed by atoms with Gasteiger partial charge in [-0.3, -0.25) is 0 Å². The molecule has 0 aromatic carbocycles. The van der Waals surface area contributed by atoms with Crippen LogP contribution >= 0.6 is 24.0 Å². The van der Waals surface area contributed by atoms with Crippen LogP contribution < -0.4 is 0 Å². The maximum Gasteiger partial charge on any atom is 0.136 e. The molecule has 0 unspecified atom stereocenters. The Balaban J connectivity index is 4.22. The highest BCUT2D eigenvalue weighted by Crippen LogP contribution is 2.12. The van der Waals surface area contributed by atoms with Crippen molar-refractivity contribution in [2.75, 3.05) is 18.8 Å². The van der Waals surface area contributed by atoms with E-state index in [0.29, 0.717) is 5.92 Å². The van der Waals surface area contributed by atoms with Crippen molar-refractivity contribution in [1.82, 2.24) is 4.90 Å². The van der Waals surface area contributed by atoms with Crippen LogP contribution in [0.5, 0.6) is 0 Å². The Bertz CT molecular complexity index is 199. The Morgan fingerprint density at radius 1 is 1.50 bits per heavy atom. The molecule has 0 fully saturated rings. The van der Waals surface area contributed by atoms with Crippen LogP contribution in [0.15, 0.2) is 12.2 Å². The van der Waals surface area contributed by atoms with E-state index in [1.54, 1.807) is 11.8 Å². The van der Waals surface area contributed by atoms with Crippen molar-refractivity contribution in [1.29, 1.82) is 0 Å². The summed E-state index contributed by atoms with van der Waals surface area (Å²) < 4.78 is 1.00. The number of thioether (sulfide) groups is 1. The molecule has 1 nitrogen and oxygen atoms in total. The van der Waals surface area contributed by atoms with Crippen LogP contribution in [0.25, 0.3) is 0 Å². The molecule has 0 spiro atoms. The quantitative estimate of drug-likeness (QED) is 0.526.